The molecule has 8 heteroatoms. The molecular weight excluding hydrogens is 530 g/mol. The summed E-state index contributed by atoms with van der Waals surface area (Å²) in [7, 11) is 0. The van der Waals surface area contributed by atoms with Gasteiger partial charge in [0, 0.05) is 16.9 Å². The number of benzene rings is 3. The highest BCUT2D eigenvalue weighted by Crippen LogP contribution is 2.61. The van der Waals surface area contributed by atoms with Crippen LogP contribution in [-0.2, 0) is 6.42 Å². The molecule has 4 N–H and O–H groups in total. The number of imidazole rings is 1. The molecule has 1 aromatic heterocycles. The quantitative estimate of drug-likeness (QED) is 0.182. The van der Waals surface area contributed by atoms with Crippen molar-refractivity contribution in [3.8, 4) is 11.4 Å². The minimum absolute atomic E-state index is 0.0968. The first-order valence-electron chi connectivity index (χ1n) is 14.7. The maximum atomic E-state index is 13.7. The molecule has 0 saturated heterocycles. The van der Waals surface area contributed by atoms with Crippen molar-refractivity contribution in [3.63, 3.8) is 0 Å². The minimum atomic E-state index is -1.27. The molecule has 1 amide bonds. The van der Waals surface area contributed by atoms with Crippen molar-refractivity contribution in [2.45, 2.75) is 51.4 Å². The number of amides is 1. The summed E-state index contributed by atoms with van der Waals surface area (Å²) in [6.07, 6.45) is 9.60. The maximum Gasteiger partial charge on any atom is 0.335 e. The van der Waals surface area contributed by atoms with Gasteiger partial charge in [0.05, 0.1) is 11.1 Å². The van der Waals surface area contributed by atoms with Crippen molar-refractivity contribution < 1.29 is 24.6 Å². The molecule has 214 valence electrons. The van der Waals surface area contributed by atoms with Crippen LogP contribution in [-0.4, -0.2) is 38.0 Å². The van der Waals surface area contributed by atoms with E-state index < -0.39 is 17.8 Å². The Bertz CT molecular complexity index is 1670. The second kappa shape index (κ2) is 10.1. The smallest absolute Gasteiger partial charge is 0.335 e. The van der Waals surface area contributed by atoms with E-state index in [9.17, 15) is 24.6 Å². The topological polar surface area (TPSA) is 132 Å². The number of H-pyrrole nitrogens is 1. The second-order valence-corrected chi connectivity index (χ2v) is 12.8. The van der Waals surface area contributed by atoms with Gasteiger partial charge in [0.15, 0.2) is 0 Å². The minimum Gasteiger partial charge on any atom is -0.478 e. The van der Waals surface area contributed by atoms with Crippen molar-refractivity contribution in [2.75, 3.05) is 5.32 Å². The molecule has 4 bridgehead atoms. The molecule has 4 aliphatic carbocycles. The first-order chi connectivity index (χ1) is 20.2. The highest BCUT2D eigenvalue weighted by atomic mass is 16.4. The number of aryl methyl sites for hydroxylation is 1. The van der Waals surface area contributed by atoms with Crippen molar-refractivity contribution in [2.24, 2.45) is 23.2 Å². The van der Waals surface area contributed by atoms with E-state index in [4.69, 9.17) is 4.98 Å². The largest absolute Gasteiger partial charge is 0.478 e. The molecule has 0 unspecified atom stereocenters. The molecule has 3 aromatic carbocycles. The van der Waals surface area contributed by atoms with Gasteiger partial charge in [-0.1, -0.05) is 36.4 Å². The van der Waals surface area contributed by atoms with Crippen LogP contribution in [0.15, 0.2) is 60.7 Å². The number of carbonyl (C=O) groups is 3. The van der Waals surface area contributed by atoms with E-state index in [0.717, 1.165) is 52.3 Å². The SMILES string of the molecule is O=C(O)c1cc(NC(=O)c2nc(-c3ccc4ccccc4c3)[nH]c2CCC23CC4CC(CC(C4)C2)C3)cc(C(=O)O)c1. The number of carbonyl (C=O) groups excluding carboxylic acids is 1. The van der Waals surface area contributed by atoms with Crippen LogP contribution in [0.3, 0.4) is 0 Å². The monoisotopic (exact) mass is 563 g/mol. The number of nitrogens with zero attached hydrogens (tertiary/aromatic N) is 1. The van der Waals surface area contributed by atoms with E-state index in [-0.39, 0.29) is 22.5 Å². The fraction of sp³-hybridized carbons (Fsp3) is 0.353. The maximum absolute atomic E-state index is 13.7. The van der Waals surface area contributed by atoms with Gasteiger partial charge in [0.1, 0.15) is 11.5 Å². The van der Waals surface area contributed by atoms with Crippen molar-refractivity contribution in [3.05, 3.63) is 83.2 Å². The number of aromatic carboxylic acids is 2. The number of hydrogen-bond donors (Lipinski definition) is 4. The van der Waals surface area contributed by atoms with E-state index in [2.05, 4.69) is 10.3 Å². The number of fused-ring (bicyclic) bond motifs is 1. The Balaban J connectivity index is 1.22. The Hall–Kier alpha value is -4.46. The molecule has 4 aliphatic rings. The van der Waals surface area contributed by atoms with Gasteiger partial charge in [-0.2, -0.15) is 0 Å². The lowest BCUT2D eigenvalue weighted by Gasteiger charge is -2.57. The number of carboxylic acid groups (broad SMARTS) is 2. The van der Waals surface area contributed by atoms with E-state index in [0.29, 0.717) is 17.7 Å². The Kier molecular flexibility index (Phi) is 6.37. The van der Waals surface area contributed by atoms with Gasteiger partial charge >= 0.3 is 11.9 Å². The number of hydrogen-bond acceptors (Lipinski definition) is 4. The third-order valence-electron chi connectivity index (χ3n) is 9.77. The molecule has 42 heavy (non-hydrogen) atoms. The lowest BCUT2D eigenvalue weighted by molar-refractivity contribution is -0.0570. The summed E-state index contributed by atoms with van der Waals surface area (Å²) in [5, 5.41) is 23.9. The van der Waals surface area contributed by atoms with Gasteiger partial charge in [0.2, 0.25) is 0 Å². The lowest BCUT2D eigenvalue weighted by Crippen LogP contribution is -2.46. The van der Waals surface area contributed by atoms with Gasteiger partial charge in [-0.25, -0.2) is 14.6 Å². The molecular formula is C34H33N3O5. The lowest BCUT2D eigenvalue weighted by atomic mass is 9.48. The van der Waals surface area contributed by atoms with Crippen LogP contribution in [0.4, 0.5) is 5.69 Å². The zero-order chi connectivity index (χ0) is 29.0. The number of rotatable bonds is 8. The fourth-order valence-corrected chi connectivity index (χ4v) is 8.37. The van der Waals surface area contributed by atoms with Crippen LogP contribution < -0.4 is 5.32 Å². The van der Waals surface area contributed by atoms with E-state index in [1.807, 2.05) is 42.5 Å². The third kappa shape index (κ3) is 4.95. The molecule has 0 aliphatic heterocycles. The number of aromatic nitrogens is 2. The summed E-state index contributed by atoms with van der Waals surface area (Å²) in [6.45, 7) is 0. The van der Waals surface area contributed by atoms with Crippen LogP contribution >= 0.6 is 0 Å². The van der Waals surface area contributed by atoms with Gasteiger partial charge in [-0.3, -0.25) is 4.79 Å². The molecule has 1 heterocycles. The van der Waals surface area contributed by atoms with E-state index in [1.54, 1.807) is 0 Å². The standard InChI is InChI=1S/C34H33N3O5/c38-31(35-27-14-25(32(39)40)13-26(15-27)33(41)42)29-28(7-8-34-16-19-9-20(17-34)11-21(10-19)18-34)36-30(37-29)24-6-5-22-3-1-2-4-23(22)12-24/h1-6,12-15,19-21H,7-11,16-18H2,(H,35,38)(H,36,37)(H,39,40)(H,41,42). The van der Waals surface area contributed by atoms with Crippen molar-refractivity contribution >= 4 is 34.3 Å². The van der Waals surface area contributed by atoms with Gasteiger partial charge in [-0.05, 0) is 110 Å². The Morgan fingerprint density at radius 1 is 0.833 bits per heavy atom. The van der Waals surface area contributed by atoms with Crippen molar-refractivity contribution in [1.82, 2.24) is 9.97 Å². The van der Waals surface area contributed by atoms with Crippen LogP contribution in [0, 0.1) is 23.2 Å². The molecule has 4 fully saturated rings. The van der Waals surface area contributed by atoms with Gasteiger partial charge in [0.25, 0.3) is 5.91 Å². The summed E-state index contributed by atoms with van der Waals surface area (Å²) in [4.78, 5) is 45.1. The van der Waals surface area contributed by atoms with Gasteiger partial charge < -0.3 is 20.5 Å². The van der Waals surface area contributed by atoms with Gasteiger partial charge in [-0.15, -0.1) is 0 Å². The van der Waals surface area contributed by atoms with E-state index in [1.165, 1.54) is 50.7 Å². The molecule has 8 nitrogen and oxygen atoms in total. The molecule has 8 rings (SSSR count). The highest BCUT2D eigenvalue weighted by molar-refractivity contribution is 6.05. The summed E-state index contributed by atoms with van der Waals surface area (Å²) >= 11 is 0. The first kappa shape index (κ1) is 26.4. The third-order valence-corrected chi connectivity index (χ3v) is 9.77. The Labute approximate surface area is 243 Å². The zero-order valence-electron chi connectivity index (χ0n) is 23.2. The molecule has 0 radical (unpaired) electrons. The molecule has 4 aromatic rings. The number of nitrogens with one attached hydrogen (secondary N) is 2. The normalized spacial score (nSPS) is 24.1. The second-order valence-electron chi connectivity index (χ2n) is 12.8. The summed E-state index contributed by atoms with van der Waals surface area (Å²) in [5.74, 6) is 0.0396. The predicted molar refractivity (Wildman–Crippen MR) is 159 cm³/mol. The predicted octanol–water partition coefficient (Wildman–Crippen LogP) is 7.03. The number of anilines is 1. The molecule has 4 saturated carbocycles. The fourth-order valence-electron chi connectivity index (χ4n) is 8.37. The Morgan fingerprint density at radius 3 is 2.07 bits per heavy atom. The van der Waals surface area contributed by atoms with Crippen molar-refractivity contribution in [1.29, 1.82) is 0 Å². The van der Waals surface area contributed by atoms with Crippen LogP contribution in [0.2, 0.25) is 0 Å². The average molecular weight is 564 g/mol. The Morgan fingerprint density at radius 2 is 1.45 bits per heavy atom. The molecule has 0 spiro atoms. The van der Waals surface area contributed by atoms with Crippen LogP contribution in [0.5, 0.6) is 0 Å². The van der Waals surface area contributed by atoms with Crippen LogP contribution in [0.25, 0.3) is 22.2 Å². The average Bonchev–Trinajstić information content (AvgIpc) is 3.40. The number of aromatic amines is 1. The summed E-state index contributed by atoms with van der Waals surface area (Å²) in [6, 6.07) is 17.7. The zero-order valence-corrected chi connectivity index (χ0v) is 23.2. The number of carboxylic acids is 2. The summed E-state index contributed by atoms with van der Waals surface area (Å²) in [5.41, 5.74) is 1.85. The van der Waals surface area contributed by atoms with E-state index >= 15 is 0 Å². The molecule has 0 atom stereocenters. The summed E-state index contributed by atoms with van der Waals surface area (Å²) < 4.78 is 0. The highest BCUT2D eigenvalue weighted by Gasteiger charge is 2.50. The first-order valence-corrected chi connectivity index (χ1v) is 14.7. The van der Waals surface area contributed by atoms with Crippen LogP contribution in [0.1, 0.15) is 81.8 Å².